The number of carbonyl (C=O) groups excluding carboxylic acids is 1. The molecule has 0 fully saturated rings. The molecule has 0 saturated heterocycles. The smallest absolute Gasteiger partial charge is 0.184 e. The van der Waals surface area contributed by atoms with Crippen molar-refractivity contribution < 1.29 is 9.53 Å². The molecule has 2 aromatic rings. The summed E-state index contributed by atoms with van der Waals surface area (Å²) < 4.78 is 9.26. The highest BCUT2D eigenvalue weighted by Gasteiger charge is 2.20. The molecule has 0 amide bonds. The van der Waals surface area contributed by atoms with Crippen molar-refractivity contribution in [2.45, 2.75) is 6.42 Å². The van der Waals surface area contributed by atoms with Crippen molar-refractivity contribution in [3.05, 3.63) is 45.9 Å². The number of nitrogens with one attached hydrogen (secondary N) is 1. The second-order valence-electron chi connectivity index (χ2n) is 4.12. The van der Waals surface area contributed by atoms with Crippen LogP contribution in [0.5, 0.6) is 5.75 Å². The summed E-state index contributed by atoms with van der Waals surface area (Å²) in [4.78, 5) is 15.5. The number of hydrogen-bond acceptors (Lipinski definition) is 2. The number of aromatic nitrogens is 1. The van der Waals surface area contributed by atoms with Crippen molar-refractivity contribution in [3.8, 4) is 5.75 Å². The van der Waals surface area contributed by atoms with Gasteiger partial charge in [0.05, 0.1) is 30.8 Å². The molecule has 2 rings (SSSR count). The first-order valence-corrected chi connectivity index (χ1v) is 9.59. The van der Waals surface area contributed by atoms with Crippen molar-refractivity contribution in [1.82, 2.24) is 4.98 Å². The molecule has 21 heavy (non-hydrogen) atoms. The third kappa shape index (κ3) is 3.83. The molecule has 0 spiro atoms. The molecule has 1 aromatic carbocycles. The maximum absolute atomic E-state index is 12.5. The molecule has 1 N–H and O–H groups in total. The van der Waals surface area contributed by atoms with Gasteiger partial charge in [0.1, 0.15) is 5.75 Å². The Labute approximate surface area is 163 Å². The minimum atomic E-state index is -0.0448. The Hall–Kier alpha value is 0.370. The molecule has 1 heterocycles. The van der Waals surface area contributed by atoms with E-state index in [2.05, 4.69) is 84.6 Å². The molecular weight excluding hydrogens is 602 g/mol. The normalized spacial score (nSPS) is 10.8. The summed E-state index contributed by atoms with van der Waals surface area (Å²) in [5.41, 5.74) is 1.31. The van der Waals surface area contributed by atoms with Gasteiger partial charge >= 0.3 is 0 Å². The molecule has 0 radical (unpaired) electrons. The van der Waals surface area contributed by atoms with Crippen molar-refractivity contribution in [3.63, 3.8) is 0 Å². The number of halogens is 5. The minimum Gasteiger partial charge on any atom is -0.495 e. The van der Waals surface area contributed by atoms with Crippen LogP contribution in [0.4, 0.5) is 0 Å². The SMILES string of the molecule is COc1c(Br)cc(Br)cc1CC(=O)c1[nH]c(Br)c(Br)c1Br. The van der Waals surface area contributed by atoms with Gasteiger partial charge in [-0.05, 0) is 75.9 Å². The first-order chi connectivity index (χ1) is 9.85. The van der Waals surface area contributed by atoms with E-state index < -0.39 is 0 Å². The molecule has 0 aliphatic rings. The highest BCUT2D eigenvalue weighted by molar-refractivity contribution is 9.14. The summed E-state index contributed by atoms with van der Waals surface area (Å²) in [5, 5.41) is 0. The van der Waals surface area contributed by atoms with E-state index in [4.69, 9.17) is 4.74 Å². The van der Waals surface area contributed by atoms with Crippen LogP contribution >= 0.6 is 79.6 Å². The van der Waals surface area contributed by atoms with Gasteiger partial charge in [0, 0.05) is 16.5 Å². The summed E-state index contributed by atoms with van der Waals surface area (Å²) in [7, 11) is 1.58. The molecule has 0 atom stereocenters. The van der Waals surface area contributed by atoms with Gasteiger partial charge < -0.3 is 9.72 Å². The summed E-state index contributed by atoms with van der Waals surface area (Å²) in [6.07, 6.45) is 0.221. The van der Waals surface area contributed by atoms with Crippen LogP contribution in [0.25, 0.3) is 0 Å². The lowest BCUT2D eigenvalue weighted by molar-refractivity contribution is 0.0987. The van der Waals surface area contributed by atoms with E-state index in [-0.39, 0.29) is 12.2 Å². The van der Waals surface area contributed by atoms with Crippen LogP contribution in [0.1, 0.15) is 16.1 Å². The van der Waals surface area contributed by atoms with Crippen LogP contribution in [-0.2, 0) is 6.42 Å². The fourth-order valence-electron chi connectivity index (χ4n) is 1.85. The Morgan fingerprint density at radius 3 is 2.33 bits per heavy atom. The molecule has 8 heteroatoms. The number of ketones is 1. The number of aromatic amines is 1. The van der Waals surface area contributed by atoms with E-state index in [0.717, 1.165) is 23.6 Å². The molecule has 1 aromatic heterocycles. The second kappa shape index (κ2) is 7.29. The number of methoxy groups -OCH3 is 1. The lowest BCUT2D eigenvalue weighted by Gasteiger charge is -2.10. The number of Topliss-reactive ketones (excluding diaryl/α,β-unsaturated/α-hetero) is 1. The maximum Gasteiger partial charge on any atom is 0.184 e. The average molecular weight is 610 g/mol. The van der Waals surface area contributed by atoms with Gasteiger partial charge in [-0.1, -0.05) is 15.9 Å². The number of hydrogen-bond donors (Lipinski definition) is 1. The van der Waals surface area contributed by atoms with E-state index in [1.54, 1.807) is 7.11 Å². The van der Waals surface area contributed by atoms with Gasteiger partial charge in [-0.3, -0.25) is 4.79 Å². The topological polar surface area (TPSA) is 42.1 Å². The zero-order valence-corrected chi connectivity index (χ0v) is 18.5. The Kier molecular flexibility index (Phi) is 6.15. The quantitative estimate of drug-likeness (QED) is 0.416. The fourth-order valence-corrected chi connectivity index (χ4v) is 4.81. The van der Waals surface area contributed by atoms with Crippen molar-refractivity contribution in [2.75, 3.05) is 7.11 Å². The predicted octanol–water partition coefficient (Wildman–Crippen LogP) is 6.26. The Balaban J connectivity index is 2.38. The van der Waals surface area contributed by atoms with E-state index in [0.29, 0.717) is 15.9 Å². The van der Waals surface area contributed by atoms with Crippen LogP contribution < -0.4 is 4.74 Å². The predicted molar refractivity (Wildman–Crippen MR) is 100 cm³/mol. The van der Waals surface area contributed by atoms with E-state index in [1.165, 1.54) is 0 Å². The Morgan fingerprint density at radius 1 is 1.14 bits per heavy atom. The molecule has 0 unspecified atom stereocenters. The number of H-pyrrole nitrogens is 1. The molecule has 112 valence electrons. The molecule has 0 aliphatic carbocycles. The third-order valence-electron chi connectivity index (χ3n) is 2.76. The molecule has 0 aliphatic heterocycles. The second-order valence-corrected chi connectivity index (χ2v) is 8.27. The zero-order valence-electron chi connectivity index (χ0n) is 10.6. The zero-order chi connectivity index (χ0) is 15.7. The van der Waals surface area contributed by atoms with Crippen LogP contribution in [0.15, 0.2) is 34.6 Å². The lowest BCUT2D eigenvalue weighted by atomic mass is 10.1. The molecule has 3 nitrogen and oxygen atoms in total. The lowest BCUT2D eigenvalue weighted by Crippen LogP contribution is -2.06. The first kappa shape index (κ1) is 17.7. The summed E-state index contributed by atoms with van der Waals surface area (Å²) in [6.45, 7) is 0. The largest absolute Gasteiger partial charge is 0.495 e. The Bertz CT molecular complexity index is 711. The van der Waals surface area contributed by atoms with Gasteiger partial charge in [-0.25, -0.2) is 0 Å². The Morgan fingerprint density at radius 2 is 1.81 bits per heavy atom. The van der Waals surface area contributed by atoms with Crippen LogP contribution in [-0.4, -0.2) is 17.9 Å². The number of ether oxygens (including phenoxy) is 1. The van der Waals surface area contributed by atoms with E-state index >= 15 is 0 Å². The standard InChI is InChI=1S/C13H8Br5NO2/c1-21-12-5(2-6(14)4-7(12)15)3-8(20)11-9(16)10(17)13(18)19-11/h2,4,19H,3H2,1H3. The molecule has 0 bridgehead atoms. The summed E-state index contributed by atoms with van der Waals surface area (Å²) in [5.74, 6) is 0.615. The van der Waals surface area contributed by atoms with Gasteiger partial charge in [0.15, 0.2) is 5.78 Å². The van der Waals surface area contributed by atoms with Crippen LogP contribution in [0.3, 0.4) is 0 Å². The minimum absolute atomic E-state index is 0.0448. The van der Waals surface area contributed by atoms with Crippen molar-refractivity contribution in [1.29, 1.82) is 0 Å². The number of carbonyl (C=O) groups is 1. The fraction of sp³-hybridized carbons (Fsp3) is 0.154. The molecular formula is C13H8Br5NO2. The van der Waals surface area contributed by atoms with Crippen LogP contribution in [0.2, 0.25) is 0 Å². The van der Waals surface area contributed by atoms with Gasteiger partial charge in [0.25, 0.3) is 0 Å². The van der Waals surface area contributed by atoms with Gasteiger partial charge in [-0.2, -0.15) is 0 Å². The summed E-state index contributed by atoms with van der Waals surface area (Å²) in [6, 6.07) is 3.76. The van der Waals surface area contributed by atoms with Gasteiger partial charge in [-0.15, -0.1) is 0 Å². The molecule has 0 saturated carbocycles. The highest BCUT2D eigenvalue weighted by Crippen LogP contribution is 2.36. The van der Waals surface area contributed by atoms with E-state index in [1.807, 2.05) is 12.1 Å². The maximum atomic E-state index is 12.5. The van der Waals surface area contributed by atoms with Gasteiger partial charge in [0.2, 0.25) is 0 Å². The number of benzene rings is 1. The number of rotatable bonds is 4. The monoisotopic (exact) mass is 605 g/mol. The summed E-state index contributed by atoms with van der Waals surface area (Å²) >= 11 is 17.0. The average Bonchev–Trinajstić information content (AvgIpc) is 2.66. The highest BCUT2D eigenvalue weighted by atomic mass is 79.9. The van der Waals surface area contributed by atoms with E-state index in [9.17, 15) is 4.79 Å². The first-order valence-electron chi connectivity index (χ1n) is 5.62. The van der Waals surface area contributed by atoms with Crippen molar-refractivity contribution in [2.24, 2.45) is 0 Å². The van der Waals surface area contributed by atoms with Crippen molar-refractivity contribution >= 4 is 85.4 Å². The van der Waals surface area contributed by atoms with Crippen LogP contribution in [0, 0.1) is 0 Å². The third-order valence-corrected chi connectivity index (χ3v) is 7.05.